The average molecular weight is 402 g/mol. The monoisotopic (exact) mass is 402 g/mol. The maximum Gasteiger partial charge on any atom is 0.336 e. The molecular weight excluding hydrogens is 386 g/mol. The first-order chi connectivity index (χ1) is 14.0. The van der Waals surface area contributed by atoms with Crippen molar-refractivity contribution in [1.82, 2.24) is 10.3 Å². The van der Waals surface area contributed by atoms with Crippen molar-refractivity contribution in [1.29, 1.82) is 0 Å². The quantitative estimate of drug-likeness (QED) is 0.786. The van der Waals surface area contributed by atoms with Crippen LogP contribution in [-0.2, 0) is 20.9 Å². The smallest absolute Gasteiger partial charge is 0.336 e. The fourth-order valence-electron chi connectivity index (χ4n) is 3.14. The van der Waals surface area contributed by atoms with E-state index in [1.807, 2.05) is 0 Å². The second-order valence-corrected chi connectivity index (χ2v) is 6.50. The van der Waals surface area contributed by atoms with Crippen LogP contribution in [0, 0.1) is 11.6 Å². The van der Waals surface area contributed by atoms with Crippen molar-refractivity contribution in [3.63, 3.8) is 0 Å². The Labute approximate surface area is 164 Å². The molecule has 0 aliphatic carbocycles. The van der Waals surface area contributed by atoms with Gasteiger partial charge in [0.15, 0.2) is 11.5 Å². The number of esters is 2. The van der Waals surface area contributed by atoms with Gasteiger partial charge < -0.3 is 19.5 Å². The number of carbonyl (C=O) groups is 2. The molecule has 1 N–H and O–H groups in total. The summed E-state index contributed by atoms with van der Waals surface area (Å²) < 4.78 is 44.7. The van der Waals surface area contributed by atoms with Gasteiger partial charge >= 0.3 is 11.9 Å². The van der Waals surface area contributed by atoms with Crippen LogP contribution >= 0.6 is 0 Å². The zero-order valence-electron chi connectivity index (χ0n) is 15.1. The number of fused-ring (bicyclic) bond motifs is 1. The van der Waals surface area contributed by atoms with Crippen molar-refractivity contribution < 1.29 is 32.6 Å². The maximum absolute atomic E-state index is 14.6. The summed E-state index contributed by atoms with van der Waals surface area (Å²) in [6.45, 7) is 1.44. The summed E-state index contributed by atoms with van der Waals surface area (Å²) in [5.74, 6) is -3.55. The standard InChI is InChI=1S/C20H16F2N2O5/c21-11-1-2-14(22)13(7-11)19-15(10-27-12-5-6-23-8-12)24-9-16-20(19)29-18(26)4-3-17(25)28-16/h1-4,7,9,12,23H,5-6,8,10H2/b4-3+/t12-/m0/s1. The normalized spacial score (nSPS) is 19.7. The van der Waals surface area contributed by atoms with Gasteiger partial charge in [-0.15, -0.1) is 0 Å². The second-order valence-electron chi connectivity index (χ2n) is 6.50. The summed E-state index contributed by atoms with van der Waals surface area (Å²) in [6, 6.07) is 2.87. The molecule has 0 unspecified atom stereocenters. The SMILES string of the molecule is O=C1/C=C/C(=O)Oc2c(cnc(CO[C@H]3CCNC3)c2-c2cc(F)ccc2F)O1. The molecular formula is C20H16F2N2O5. The summed E-state index contributed by atoms with van der Waals surface area (Å²) in [5, 5.41) is 3.16. The van der Waals surface area contributed by atoms with Crippen LogP contribution in [0.15, 0.2) is 36.5 Å². The van der Waals surface area contributed by atoms with Gasteiger partial charge in [-0.3, -0.25) is 4.98 Å². The summed E-state index contributed by atoms with van der Waals surface area (Å²) in [6.07, 6.45) is 3.71. The van der Waals surface area contributed by atoms with Crippen LogP contribution in [0.25, 0.3) is 11.1 Å². The van der Waals surface area contributed by atoms with E-state index in [-0.39, 0.29) is 41.0 Å². The molecule has 0 spiro atoms. The summed E-state index contributed by atoms with van der Waals surface area (Å²) in [5.41, 5.74) is 0.0151. The van der Waals surface area contributed by atoms with E-state index in [4.69, 9.17) is 14.2 Å². The van der Waals surface area contributed by atoms with E-state index in [0.29, 0.717) is 6.54 Å². The molecule has 7 nitrogen and oxygen atoms in total. The van der Waals surface area contributed by atoms with E-state index in [1.165, 1.54) is 6.20 Å². The van der Waals surface area contributed by atoms with Crippen LogP contribution in [0.4, 0.5) is 8.78 Å². The minimum absolute atomic E-state index is 0.0121. The highest BCUT2D eigenvalue weighted by atomic mass is 19.1. The number of carbonyl (C=O) groups excluding carboxylic acids is 2. The highest BCUT2D eigenvalue weighted by Crippen LogP contribution is 2.42. The summed E-state index contributed by atoms with van der Waals surface area (Å²) in [7, 11) is 0. The molecule has 2 aromatic rings. The van der Waals surface area contributed by atoms with Crippen molar-refractivity contribution in [2.45, 2.75) is 19.1 Å². The third kappa shape index (κ3) is 4.15. The predicted molar refractivity (Wildman–Crippen MR) is 96.1 cm³/mol. The summed E-state index contributed by atoms with van der Waals surface area (Å²) >= 11 is 0. The van der Waals surface area contributed by atoms with Gasteiger partial charge in [-0.2, -0.15) is 0 Å². The Hall–Kier alpha value is -3.17. The fraction of sp³-hybridized carbons (Fsp3) is 0.250. The molecule has 29 heavy (non-hydrogen) atoms. The first-order valence-electron chi connectivity index (χ1n) is 8.92. The number of hydrogen-bond acceptors (Lipinski definition) is 7. The molecule has 1 saturated heterocycles. The van der Waals surface area contributed by atoms with Gasteiger partial charge in [0.2, 0.25) is 0 Å². The van der Waals surface area contributed by atoms with E-state index >= 15 is 0 Å². The van der Waals surface area contributed by atoms with E-state index in [1.54, 1.807) is 0 Å². The molecule has 2 aliphatic rings. The van der Waals surface area contributed by atoms with Crippen molar-refractivity contribution in [3.8, 4) is 22.6 Å². The van der Waals surface area contributed by atoms with Crippen molar-refractivity contribution in [2.75, 3.05) is 13.1 Å². The zero-order valence-corrected chi connectivity index (χ0v) is 15.1. The first kappa shape index (κ1) is 19.2. The molecule has 1 aromatic heterocycles. The number of nitrogens with one attached hydrogen (secondary N) is 1. The number of benzene rings is 1. The topological polar surface area (TPSA) is 86.8 Å². The van der Waals surface area contributed by atoms with Gasteiger partial charge in [-0.25, -0.2) is 18.4 Å². The number of nitrogens with zero attached hydrogens (tertiary/aromatic N) is 1. The van der Waals surface area contributed by atoms with Crippen LogP contribution in [0.3, 0.4) is 0 Å². The largest absolute Gasteiger partial charge is 0.419 e. The van der Waals surface area contributed by atoms with Crippen molar-refractivity contribution in [2.24, 2.45) is 0 Å². The van der Waals surface area contributed by atoms with Crippen LogP contribution in [0.1, 0.15) is 12.1 Å². The molecule has 0 saturated carbocycles. The highest BCUT2D eigenvalue weighted by Gasteiger charge is 2.27. The molecule has 0 amide bonds. The predicted octanol–water partition coefficient (Wildman–Crippen LogP) is 2.29. The first-order valence-corrected chi connectivity index (χ1v) is 8.92. The fourth-order valence-corrected chi connectivity index (χ4v) is 3.14. The lowest BCUT2D eigenvalue weighted by Gasteiger charge is -2.19. The number of ether oxygens (including phenoxy) is 3. The lowest BCUT2D eigenvalue weighted by molar-refractivity contribution is -0.133. The van der Waals surface area contributed by atoms with Gasteiger partial charge in [-0.1, -0.05) is 0 Å². The van der Waals surface area contributed by atoms with Gasteiger partial charge in [0.25, 0.3) is 0 Å². The molecule has 9 heteroatoms. The number of aromatic nitrogens is 1. The number of hydrogen-bond donors (Lipinski definition) is 1. The summed E-state index contributed by atoms with van der Waals surface area (Å²) in [4.78, 5) is 28.0. The molecule has 150 valence electrons. The zero-order chi connectivity index (χ0) is 20.4. The Balaban J connectivity index is 1.84. The van der Waals surface area contributed by atoms with Crippen LogP contribution in [0.2, 0.25) is 0 Å². The van der Waals surface area contributed by atoms with Gasteiger partial charge in [0, 0.05) is 24.3 Å². The van der Waals surface area contributed by atoms with Crippen molar-refractivity contribution in [3.05, 3.63) is 53.9 Å². The molecule has 1 fully saturated rings. The second kappa shape index (κ2) is 8.06. The molecule has 0 radical (unpaired) electrons. The molecule has 2 aliphatic heterocycles. The Kier molecular flexibility index (Phi) is 5.32. The van der Waals surface area contributed by atoms with Gasteiger partial charge in [0.05, 0.1) is 30.2 Å². The van der Waals surface area contributed by atoms with E-state index in [9.17, 15) is 18.4 Å². The third-order valence-electron chi connectivity index (χ3n) is 4.51. The molecule has 3 heterocycles. The van der Waals surface area contributed by atoms with E-state index in [2.05, 4.69) is 10.3 Å². The molecule has 1 aromatic carbocycles. The molecule has 0 bridgehead atoms. The Morgan fingerprint density at radius 3 is 2.72 bits per heavy atom. The van der Waals surface area contributed by atoms with Crippen LogP contribution < -0.4 is 14.8 Å². The minimum atomic E-state index is -0.862. The lowest BCUT2D eigenvalue weighted by atomic mass is 10.0. The highest BCUT2D eigenvalue weighted by molar-refractivity contribution is 5.96. The molecule has 1 atom stereocenters. The van der Waals surface area contributed by atoms with E-state index < -0.39 is 23.6 Å². The number of rotatable bonds is 4. The van der Waals surface area contributed by atoms with Crippen LogP contribution in [-0.4, -0.2) is 36.1 Å². The van der Waals surface area contributed by atoms with Crippen molar-refractivity contribution >= 4 is 11.9 Å². The average Bonchev–Trinajstić information content (AvgIpc) is 3.21. The number of pyridine rings is 1. The van der Waals surface area contributed by atoms with Gasteiger partial charge in [-0.05, 0) is 31.2 Å². The lowest BCUT2D eigenvalue weighted by Crippen LogP contribution is -2.18. The maximum atomic E-state index is 14.6. The third-order valence-corrected chi connectivity index (χ3v) is 4.51. The Morgan fingerprint density at radius 1 is 1.17 bits per heavy atom. The Bertz CT molecular complexity index is 1000. The molecule has 4 rings (SSSR count). The van der Waals surface area contributed by atoms with Crippen LogP contribution in [0.5, 0.6) is 11.5 Å². The number of halogens is 2. The Morgan fingerprint density at radius 2 is 1.97 bits per heavy atom. The van der Waals surface area contributed by atoms with Gasteiger partial charge in [0.1, 0.15) is 11.6 Å². The van der Waals surface area contributed by atoms with E-state index in [0.717, 1.165) is 43.3 Å². The minimum Gasteiger partial charge on any atom is -0.419 e.